The summed E-state index contributed by atoms with van der Waals surface area (Å²) in [4.78, 5) is 0. The van der Waals surface area contributed by atoms with E-state index in [0.29, 0.717) is 13.2 Å². The van der Waals surface area contributed by atoms with E-state index in [4.69, 9.17) is 9.47 Å². The van der Waals surface area contributed by atoms with Crippen molar-refractivity contribution in [3.05, 3.63) is 23.8 Å². The highest BCUT2D eigenvalue weighted by atomic mass is 32.2. The van der Waals surface area contributed by atoms with Crippen molar-refractivity contribution >= 4 is 11.8 Å². The molecule has 1 aromatic rings. The number of rotatable bonds is 4. The summed E-state index contributed by atoms with van der Waals surface area (Å²) in [6.45, 7) is 3.36. The molecule has 0 unspecified atom stereocenters. The number of nitrogens with one attached hydrogen (secondary N) is 1. The van der Waals surface area contributed by atoms with E-state index in [9.17, 15) is 0 Å². The van der Waals surface area contributed by atoms with Crippen LogP contribution in [-0.2, 0) is 6.54 Å². The standard InChI is InChI=1S/C15H21NO2S/c1-2-14-15(18-6-5-17-14)9-13(1)11-16-10-12-3-7-19-8-4-12/h1-2,9,12,16H,3-8,10-11H2. The van der Waals surface area contributed by atoms with Gasteiger partial charge in [0.2, 0.25) is 0 Å². The van der Waals surface area contributed by atoms with Gasteiger partial charge in [0.25, 0.3) is 0 Å². The van der Waals surface area contributed by atoms with Crippen molar-refractivity contribution in [3.8, 4) is 11.5 Å². The molecule has 1 fully saturated rings. The quantitative estimate of drug-likeness (QED) is 0.918. The van der Waals surface area contributed by atoms with Gasteiger partial charge in [-0.25, -0.2) is 0 Å². The van der Waals surface area contributed by atoms with Crippen molar-refractivity contribution in [3.63, 3.8) is 0 Å². The SMILES string of the molecule is c1cc2c(cc1CNCC1CCSCC1)OCCO2. The van der Waals surface area contributed by atoms with Gasteiger partial charge in [-0.3, -0.25) is 0 Å². The predicted octanol–water partition coefficient (Wildman–Crippen LogP) is 2.69. The predicted molar refractivity (Wildman–Crippen MR) is 79.2 cm³/mol. The summed E-state index contributed by atoms with van der Waals surface area (Å²) in [6.07, 6.45) is 2.72. The highest BCUT2D eigenvalue weighted by Crippen LogP contribution is 2.30. The third kappa shape index (κ3) is 3.57. The van der Waals surface area contributed by atoms with Crippen LogP contribution >= 0.6 is 11.8 Å². The number of thioether (sulfide) groups is 1. The van der Waals surface area contributed by atoms with E-state index in [2.05, 4.69) is 29.2 Å². The van der Waals surface area contributed by atoms with Gasteiger partial charge in [-0.2, -0.15) is 11.8 Å². The van der Waals surface area contributed by atoms with E-state index < -0.39 is 0 Å². The number of fused-ring (bicyclic) bond motifs is 1. The third-order valence-corrected chi connectivity index (χ3v) is 4.76. The Kier molecular flexibility index (Phi) is 4.51. The highest BCUT2D eigenvalue weighted by molar-refractivity contribution is 7.99. The molecular formula is C15H21NO2S. The van der Waals surface area contributed by atoms with Crippen molar-refractivity contribution in [2.45, 2.75) is 19.4 Å². The Labute approximate surface area is 119 Å². The molecule has 1 saturated heterocycles. The Balaban J connectivity index is 1.49. The second-order valence-electron chi connectivity index (χ2n) is 5.16. The van der Waals surface area contributed by atoms with Crippen LogP contribution in [0.3, 0.4) is 0 Å². The first-order chi connectivity index (χ1) is 9.42. The van der Waals surface area contributed by atoms with Crippen LogP contribution in [0.25, 0.3) is 0 Å². The summed E-state index contributed by atoms with van der Waals surface area (Å²) in [5.41, 5.74) is 1.27. The summed E-state index contributed by atoms with van der Waals surface area (Å²) in [7, 11) is 0. The second-order valence-corrected chi connectivity index (χ2v) is 6.39. The summed E-state index contributed by atoms with van der Waals surface area (Å²) < 4.78 is 11.1. The molecule has 0 aromatic heterocycles. The van der Waals surface area contributed by atoms with Crippen LogP contribution in [0, 0.1) is 5.92 Å². The van der Waals surface area contributed by atoms with Crippen LogP contribution in [-0.4, -0.2) is 31.3 Å². The van der Waals surface area contributed by atoms with Crippen LogP contribution < -0.4 is 14.8 Å². The third-order valence-electron chi connectivity index (χ3n) is 3.71. The normalized spacial score (nSPS) is 19.4. The van der Waals surface area contributed by atoms with Crippen molar-refractivity contribution in [2.24, 2.45) is 5.92 Å². The Morgan fingerprint density at radius 1 is 1.11 bits per heavy atom. The van der Waals surface area contributed by atoms with Crippen molar-refractivity contribution in [1.29, 1.82) is 0 Å². The molecule has 0 saturated carbocycles. The molecule has 1 aromatic carbocycles. The molecule has 2 aliphatic heterocycles. The molecule has 0 atom stereocenters. The van der Waals surface area contributed by atoms with Crippen LogP contribution in [0.2, 0.25) is 0 Å². The average molecular weight is 279 g/mol. The van der Waals surface area contributed by atoms with Crippen LogP contribution in [0.15, 0.2) is 18.2 Å². The van der Waals surface area contributed by atoms with Gasteiger partial charge in [0.05, 0.1) is 0 Å². The minimum atomic E-state index is 0.656. The molecule has 2 heterocycles. The Bertz CT molecular complexity index is 419. The lowest BCUT2D eigenvalue weighted by Crippen LogP contribution is -2.25. The Hall–Kier alpha value is -0.870. The minimum absolute atomic E-state index is 0.656. The van der Waals surface area contributed by atoms with Gasteiger partial charge in [-0.1, -0.05) is 6.07 Å². The van der Waals surface area contributed by atoms with Gasteiger partial charge in [0.1, 0.15) is 13.2 Å². The molecule has 0 radical (unpaired) electrons. The van der Waals surface area contributed by atoms with Gasteiger partial charge in [0.15, 0.2) is 11.5 Å². The second kappa shape index (κ2) is 6.53. The summed E-state index contributed by atoms with van der Waals surface area (Å²) in [5.74, 6) is 5.28. The summed E-state index contributed by atoms with van der Waals surface area (Å²) in [5, 5.41) is 3.57. The molecule has 1 N–H and O–H groups in total. The fraction of sp³-hybridized carbons (Fsp3) is 0.600. The van der Waals surface area contributed by atoms with Crippen molar-refractivity contribution in [2.75, 3.05) is 31.3 Å². The molecule has 0 bridgehead atoms. The lowest BCUT2D eigenvalue weighted by atomic mass is 10.0. The molecule has 0 spiro atoms. The maximum atomic E-state index is 5.60. The van der Waals surface area contributed by atoms with E-state index in [0.717, 1.165) is 30.5 Å². The van der Waals surface area contributed by atoms with Crippen LogP contribution in [0.4, 0.5) is 0 Å². The molecule has 0 amide bonds. The molecule has 19 heavy (non-hydrogen) atoms. The lowest BCUT2D eigenvalue weighted by Gasteiger charge is -2.22. The topological polar surface area (TPSA) is 30.5 Å². The van der Waals surface area contributed by atoms with Crippen molar-refractivity contribution < 1.29 is 9.47 Å². The lowest BCUT2D eigenvalue weighted by molar-refractivity contribution is 0.171. The zero-order valence-electron chi connectivity index (χ0n) is 11.2. The molecule has 3 rings (SSSR count). The van der Waals surface area contributed by atoms with Gasteiger partial charge >= 0.3 is 0 Å². The van der Waals surface area contributed by atoms with E-state index in [-0.39, 0.29) is 0 Å². The van der Waals surface area contributed by atoms with Crippen LogP contribution in [0.1, 0.15) is 18.4 Å². The zero-order valence-corrected chi connectivity index (χ0v) is 12.0. The maximum absolute atomic E-state index is 5.60. The smallest absolute Gasteiger partial charge is 0.161 e. The molecular weight excluding hydrogens is 258 g/mol. The van der Waals surface area contributed by atoms with E-state index in [1.165, 1.54) is 29.9 Å². The summed E-state index contributed by atoms with van der Waals surface area (Å²) >= 11 is 2.09. The maximum Gasteiger partial charge on any atom is 0.161 e. The Morgan fingerprint density at radius 2 is 1.89 bits per heavy atom. The molecule has 3 nitrogen and oxygen atoms in total. The largest absolute Gasteiger partial charge is 0.486 e. The van der Waals surface area contributed by atoms with Gasteiger partial charge in [0, 0.05) is 6.54 Å². The van der Waals surface area contributed by atoms with Gasteiger partial charge in [-0.15, -0.1) is 0 Å². The van der Waals surface area contributed by atoms with E-state index >= 15 is 0 Å². The molecule has 2 aliphatic rings. The van der Waals surface area contributed by atoms with Gasteiger partial charge < -0.3 is 14.8 Å². The van der Waals surface area contributed by atoms with Gasteiger partial charge in [-0.05, 0) is 54.5 Å². The Morgan fingerprint density at radius 3 is 2.74 bits per heavy atom. The van der Waals surface area contributed by atoms with Crippen LogP contribution in [0.5, 0.6) is 11.5 Å². The average Bonchev–Trinajstić information content (AvgIpc) is 2.48. The zero-order chi connectivity index (χ0) is 12.9. The number of hydrogen-bond donors (Lipinski definition) is 1. The highest BCUT2D eigenvalue weighted by Gasteiger charge is 2.14. The fourth-order valence-corrected chi connectivity index (χ4v) is 3.77. The fourth-order valence-electron chi connectivity index (χ4n) is 2.57. The van der Waals surface area contributed by atoms with E-state index in [1.807, 2.05) is 6.07 Å². The monoisotopic (exact) mass is 279 g/mol. The number of ether oxygens (including phenoxy) is 2. The molecule has 4 heteroatoms. The molecule has 0 aliphatic carbocycles. The number of benzene rings is 1. The first-order valence-corrected chi connectivity index (χ1v) is 8.24. The van der Waals surface area contributed by atoms with E-state index in [1.54, 1.807) is 0 Å². The summed E-state index contributed by atoms with van der Waals surface area (Å²) in [6, 6.07) is 6.23. The molecule has 104 valence electrons. The van der Waals surface area contributed by atoms with Crippen molar-refractivity contribution in [1.82, 2.24) is 5.32 Å². The number of hydrogen-bond acceptors (Lipinski definition) is 4. The first kappa shape index (κ1) is 13.1. The first-order valence-electron chi connectivity index (χ1n) is 7.09. The minimum Gasteiger partial charge on any atom is -0.486 e.